The van der Waals surface area contributed by atoms with Gasteiger partial charge < -0.3 is 0 Å². The summed E-state index contributed by atoms with van der Waals surface area (Å²) in [4.78, 5) is 0. The molecule has 0 aromatic heterocycles. The van der Waals surface area contributed by atoms with E-state index in [1.807, 2.05) is 66.7 Å². The number of halogens is 3. The van der Waals surface area contributed by atoms with Crippen LogP contribution in [-0.4, -0.2) is 0 Å². The van der Waals surface area contributed by atoms with Gasteiger partial charge in [-0.3, -0.25) is 0 Å². The van der Waals surface area contributed by atoms with Crippen LogP contribution in [0.2, 0.25) is 0 Å². The summed E-state index contributed by atoms with van der Waals surface area (Å²) in [5.41, 5.74) is 3.18. The van der Waals surface area contributed by atoms with Crippen LogP contribution in [0.5, 0.6) is 0 Å². The summed E-state index contributed by atoms with van der Waals surface area (Å²) in [6.07, 6.45) is -0.274. The normalized spacial score (nSPS) is 11.8. The Bertz CT molecular complexity index is 812. The molecule has 120 valence electrons. The molecule has 0 saturated carbocycles. The van der Waals surface area contributed by atoms with Gasteiger partial charge in [-0.05, 0) is 34.4 Å². The van der Waals surface area contributed by atoms with Gasteiger partial charge in [0, 0.05) is 0 Å². The van der Waals surface area contributed by atoms with E-state index in [2.05, 4.69) is 0 Å². The van der Waals surface area contributed by atoms with Crippen LogP contribution in [0.4, 0.5) is 13.2 Å². The highest BCUT2D eigenvalue weighted by Gasteiger charge is 2.29. The van der Waals surface area contributed by atoms with Crippen molar-refractivity contribution in [2.75, 3.05) is 0 Å². The van der Waals surface area contributed by atoms with Crippen LogP contribution in [0, 0.1) is 0 Å². The summed E-state index contributed by atoms with van der Waals surface area (Å²) >= 11 is 0. The number of rotatable bonds is 3. The molecule has 3 heteroatoms. The predicted molar refractivity (Wildman–Crippen MR) is 92.3 cm³/mol. The number of hydrogen-bond acceptors (Lipinski definition) is 0. The van der Waals surface area contributed by atoms with Gasteiger partial charge in [0.25, 0.3) is 0 Å². The third kappa shape index (κ3) is 3.93. The Morgan fingerprint density at radius 3 is 1.50 bits per heavy atom. The van der Waals surface area contributed by atoms with Crippen LogP contribution >= 0.6 is 0 Å². The molecule has 0 unspecified atom stereocenters. The van der Waals surface area contributed by atoms with E-state index in [1.54, 1.807) is 0 Å². The minimum Gasteiger partial charge on any atom is -0.166 e. The van der Waals surface area contributed by atoms with Crippen LogP contribution in [0.15, 0.2) is 78.9 Å². The molecule has 3 aromatic carbocycles. The Hall–Kier alpha value is -2.81. The maximum Gasteiger partial charge on any atom is 0.416 e. The Labute approximate surface area is 138 Å². The van der Waals surface area contributed by atoms with Gasteiger partial charge >= 0.3 is 6.18 Å². The van der Waals surface area contributed by atoms with Gasteiger partial charge in [0.1, 0.15) is 0 Å². The van der Waals surface area contributed by atoms with Gasteiger partial charge in [0.2, 0.25) is 0 Å². The topological polar surface area (TPSA) is 0 Å². The number of alkyl halides is 3. The van der Waals surface area contributed by atoms with E-state index in [1.165, 1.54) is 12.1 Å². The van der Waals surface area contributed by atoms with Gasteiger partial charge in [-0.25, -0.2) is 0 Å². The maximum atomic E-state index is 12.6. The van der Waals surface area contributed by atoms with Gasteiger partial charge in [-0.2, -0.15) is 13.2 Å². The molecule has 0 amide bonds. The molecule has 0 saturated heterocycles. The van der Waals surface area contributed by atoms with Crippen molar-refractivity contribution in [2.24, 2.45) is 0 Å². The highest BCUT2D eigenvalue weighted by atomic mass is 19.4. The summed E-state index contributed by atoms with van der Waals surface area (Å²) < 4.78 is 37.8. The molecule has 0 N–H and O–H groups in total. The SMILES string of the molecule is FC(F)(F)c1ccc(-c2ccc(/C=C/c3ccccc3)cc2)cc1. The molecule has 0 fully saturated rings. The smallest absolute Gasteiger partial charge is 0.166 e. The molecule has 0 atom stereocenters. The Balaban J connectivity index is 1.76. The molecule has 3 aromatic rings. The van der Waals surface area contributed by atoms with Crippen LogP contribution in [0.25, 0.3) is 23.3 Å². The standard InChI is InChI=1S/C21H15F3/c22-21(23,24)20-14-12-19(13-15-20)18-10-8-17(9-11-18)7-6-16-4-2-1-3-5-16/h1-15H/b7-6+. The second-order valence-electron chi connectivity index (χ2n) is 5.44. The zero-order valence-electron chi connectivity index (χ0n) is 12.8. The first-order chi connectivity index (χ1) is 11.5. The van der Waals surface area contributed by atoms with Gasteiger partial charge in [-0.15, -0.1) is 0 Å². The minimum absolute atomic E-state index is 0.631. The van der Waals surface area contributed by atoms with E-state index in [0.717, 1.165) is 34.4 Å². The first-order valence-corrected chi connectivity index (χ1v) is 7.53. The molecule has 0 spiro atoms. The molecule has 24 heavy (non-hydrogen) atoms. The van der Waals surface area contributed by atoms with Crippen molar-refractivity contribution < 1.29 is 13.2 Å². The fourth-order valence-electron chi connectivity index (χ4n) is 2.39. The summed E-state index contributed by atoms with van der Waals surface area (Å²) in [6.45, 7) is 0. The van der Waals surface area contributed by atoms with E-state index in [0.29, 0.717) is 0 Å². The van der Waals surface area contributed by atoms with Crippen LogP contribution < -0.4 is 0 Å². The quantitative estimate of drug-likeness (QED) is 0.480. The molecule has 0 heterocycles. The van der Waals surface area contributed by atoms with E-state index >= 15 is 0 Å². The van der Waals surface area contributed by atoms with Crippen molar-refractivity contribution in [2.45, 2.75) is 6.18 Å². The predicted octanol–water partition coefficient (Wildman–Crippen LogP) is 6.54. The molecular formula is C21H15F3. The van der Waals surface area contributed by atoms with E-state index in [9.17, 15) is 13.2 Å². The van der Waals surface area contributed by atoms with Gasteiger partial charge in [0.15, 0.2) is 0 Å². The lowest BCUT2D eigenvalue weighted by molar-refractivity contribution is -0.137. The number of benzene rings is 3. The highest BCUT2D eigenvalue weighted by Crippen LogP contribution is 2.31. The molecule has 0 nitrogen and oxygen atoms in total. The van der Waals surface area contributed by atoms with Gasteiger partial charge in [0.05, 0.1) is 5.56 Å². The molecule has 0 aliphatic rings. The second kappa shape index (κ2) is 6.75. The fraction of sp³-hybridized carbons (Fsp3) is 0.0476. The molecule has 3 rings (SSSR count). The first kappa shape index (κ1) is 16.1. The fourth-order valence-corrected chi connectivity index (χ4v) is 2.39. The third-order valence-electron chi connectivity index (χ3n) is 3.72. The molecule has 0 aliphatic heterocycles. The largest absolute Gasteiger partial charge is 0.416 e. The maximum absolute atomic E-state index is 12.6. The average Bonchev–Trinajstić information content (AvgIpc) is 2.61. The summed E-state index contributed by atoms with van der Waals surface area (Å²) in [5, 5.41) is 0. The lowest BCUT2D eigenvalue weighted by Crippen LogP contribution is -2.03. The zero-order chi connectivity index (χ0) is 17.0. The highest BCUT2D eigenvalue weighted by molar-refractivity contribution is 5.72. The molecule has 0 bridgehead atoms. The monoisotopic (exact) mass is 324 g/mol. The summed E-state index contributed by atoms with van der Waals surface area (Å²) in [7, 11) is 0. The molecule has 0 aliphatic carbocycles. The van der Waals surface area contributed by atoms with Crippen LogP contribution in [-0.2, 0) is 6.18 Å². The van der Waals surface area contributed by atoms with Crippen molar-refractivity contribution in [1.82, 2.24) is 0 Å². The Kier molecular flexibility index (Phi) is 4.52. The van der Waals surface area contributed by atoms with E-state index in [-0.39, 0.29) is 0 Å². The Morgan fingerprint density at radius 2 is 1.00 bits per heavy atom. The van der Waals surface area contributed by atoms with Crippen molar-refractivity contribution in [3.05, 3.63) is 95.6 Å². The lowest BCUT2D eigenvalue weighted by atomic mass is 10.0. The summed E-state index contributed by atoms with van der Waals surface area (Å²) in [6, 6.07) is 22.9. The second-order valence-corrected chi connectivity index (χ2v) is 5.44. The van der Waals surface area contributed by atoms with Crippen molar-refractivity contribution >= 4 is 12.2 Å². The van der Waals surface area contributed by atoms with Crippen LogP contribution in [0.1, 0.15) is 16.7 Å². The summed E-state index contributed by atoms with van der Waals surface area (Å²) in [5.74, 6) is 0. The Morgan fingerprint density at radius 1 is 0.542 bits per heavy atom. The van der Waals surface area contributed by atoms with Crippen molar-refractivity contribution in [1.29, 1.82) is 0 Å². The minimum atomic E-state index is -4.30. The first-order valence-electron chi connectivity index (χ1n) is 7.53. The van der Waals surface area contributed by atoms with Crippen molar-refractivity contribution in [3.8, 4) is 11.1 Å². The molecular weight excluding hydrogens is 309 g/mol. The van der Waals surface area contributed by atoms with Gasteiger partial charge in [-0.1, -0.05) is 78.9 Å². The van der Waals surface area contributed by atoms with Crippen molar-refractivity contribution in [3.63, 3.8) is 0 Å². The zero-order valence-corrected chi connectivity index (χ0v) is 12.8. The van der Waals surface area contributed by atoms with E-state index < -0.39 is 11.7 Å². The lowest BCUT2D eigenvalue weighted by Gasteiger charge is -2.08. The van der Waals surface area contributed by atoms with E-state index in [4.69, 9.17) is 0 Å². The molecule has 0 radical (unpaired) electrons. The number of hydrogen-bond donors (Lipinski definition) is 0. The average molecular weight is 324 g/mol. The third-order valence-corrected chi connectivity index (χ3v) is 3.72. The van der Waals surface area contributed by atoms with Crippen LogP contribution in [0.3, 0.4) is 0 Å².